The molecule has 0 saturated carbocycles. The maximum atomic E-state index is 11.9. The van der Waals surface area contributed by atoms with E-state index in [0.717, 1.165) is 23.6 Å². The molecule has 0 fully saturated rings. The van der Waals surface area contributed by atoms with E-state index in [0.29, 0.717) is 12.4 Å². The fourth-order valence-corrected chi connectivity index (χ4v) is 4.16. The molecule has 1 amide bonds. The van der Waals surface area contributed by atoms with Crippen molar-refractivity contribution in [2.75, 3.05) is 28.1 Å². The van der Waals surface area contributed by atoms with Gasteiger partial charge >= 0.3 is 6.09 Å². The van der Waals surface area contributed by atoms with Gasteiger partial charge in [-0.3, -0.25) is 10.3 Å². The van der Waals surface area contributed by atoms with Crippen LogP contribution in [0.2, 0.25) is 0 Å². The highest BCUT2D eigenvalue weighted by Gasteiger charge is 2.18. The van der Waals surface area contributed by atoms with Gasteiger partial charge in [0.1, 0.15) is 6.61 Å². The largest absolute Gasteiger partial charge is 0.448 e. The van der Waals surface area contributed by atoms with Crippen molar-refractivity contribution in [3.63, 3.8) is 0 Å². The average molecular weight is 421 g/mol. The maximum absolute atomic E-state index is 11.9. The highest BCUT2D eigenvalue weighted by Crippen LogP contribution is 2.31. The summed E-state index contributed by atoms with van der Waals surface area (Å²) in [6.45, 7) is 3.23. The minimum atomic E-state index is -0.432. The van der Waals surface area contributed by atoms with Crippen molar-refractivity contribution in [2.45, 2.75) is 18.4 Å². The molecule has 0 aliphatic carbocycles. The van der Waals surface area contributed by atoms with Gasteiger partial charge in [0, 0.05) is 16.3 Å². The Morgan fingerprint density at radius 2 is 1.83 bits per heavy atom. The second-order valence-corrected chi connectivity index (χ2v) is 7.99. The molecule has 3 N–H and O–H groups in total. The van der Waals surface area contributed by atoms with Gasteiger partial charge in [0.2, 0.25) is 0 Å². The van der Waals surface area contributed by atoms with E-state index in [9.17, 15) is 4.79 Å². The van der Waals surface area contributed by atoms with Crippen molar-refractivity contribution in [2.24, 2.45) is 0 Å². The number of amides is 1. The van der Waals surface area contributed by atoms with Crippen LogP contribution in [0.4, 0.5) is 21.9 Å². The molecule has 0 aromatic heterocycles. The zero-order chi connectivity index (χ0) is 20.8. The number of fused-ring (bicyclic) bond motifs is 1. The van der Waals surface area contributed by atoms with Gasteiger partial charge in [0.15, 0.2) is 0 Å². The van der Waals surface area contributed by atoms with E-state index < -0.39 is 6.09 Å². The lowest BCUT2D eigenvalue weighted by molar-refractivity contribution is 0.169. The third kappa shape index (κ3) is 4.87. The second kappa shape index (κ2) is 9.56. The third-order valence-corrected chi connectivity index (χ3v) is 5.96. The second-order valence-electron chi connectivity index (χ2n) is 6.86. The Kier molecular flexibility index (Phi) is 6.41. The first-order valence-corrected chi connectivity index (χ1v) is 10.8. The topological polar surface area (TPSA) is 65.6 Å². The summed E-state index contributed by atoms with van der Waals surface area (Å²) in [7, 11) is 0. The van der Waals surface area contributed by atoms with Gasteiger partial charge in [-0.25, -0.2) is 4.79 Å². The number of nitrogens with zero attached hydrogens (tertiary/aromatic N) is 1. The summed E-state index contributed by atoms with van der Waals surface area (Å²) >= 11 is 1.69. The molecule has 30 heavy (non-hydrogen) atoms. The molecule has 4 rings (SSSR count). The molecular formula is C23H24N4O2S. The van der Waals surface area contributed by atoms with Crippen LogP contribution in [0.5, 0.6) is 0 Å². The molecule has 0 atom stereocenters. The Morgan fingerprint density at radius 1 is 1.03 bits per heavy atom. The van der Waals surface area contributed by atoms with Gasteiger partial charge in [0.25, 0.3) is 0 Å². The highest BCUT2D eigenvalue weighted by atomic mass is 32.2. The van der Waals surface area contributed by atoms with Gasteiger partial charge < -0.3 is 10.2 Å². The molecular weight excluding hydrogens is 396 g/mol. The van der Waals surface area contributed by atoms with E-state index in [-0.39, 0.29) is 0 Å². The number of rotatable bonds is 7. The van der Waals surface area contributed by atoms with Crippen molar-refractivity contribution in [3.05, 3.63) is 83.9 Å². The smallest absolute Gasteiger partial charge is 0.411 e. The monoisotopic (exact) mass is 420 g/mol. The Bertz CT molecular complexity index is 1010. The first-order chi connectivity index (χ1) is 14.7. The Hall–Kier alpha value is -3.16. The molecule has 1 aliphatic heterocycles. The number of nitrogens with one attached hydrogen (secondary N) is 3. The number of hydrazine groups is 2. The van der Waals surface area contributed by atoms with Crippen molar-refractivity contribution in [1.29, 1.82) is 0 Å². The number of ether oxygens (including phenoxy) is 1. The number of hydrogen-bond acceptors (Lipinski definition) is 6. The zero-order valence-electron chi connectivity index (χ0n) is 16.7. The van der Waals surface area contributed by atoms with Crippen LogP contribution < -0.4 is 21.3 Å². The number of para-hydroxylation sites is 3. The number of thioether (sulfide) groups is 1. The van der Waals surface area contributed by atoms with Crippen molar-refractivity contribution in [1.82, 2.24) is 5.53 Å². The molecule has 0 unspecified atom stereocenters. The summed E-state index contributed by atoms with van der Waals surface area (Å²) in [5.74, 6) is 0.693. The van der Waals surface area contributed by atoms with Gasteiger partial charge in [-0.15, -0.1) is 17.3 Å². The van der Waals surface area contributed by atoms with Crippen LogP contribution in [0.1, 0.15) is 11.1 Å². The minimum absolute atomic E-state index is 0.345. The average Bonchev–Trinajstić information content (AvgIpc) is 3.17. The summed E-state index contributed by atoms with van der Waals surface area (Å²) in [5.41, 5.74) is 11.8. The quantitative estimate of drug-likeness (QED) is 0.361. The minimum Gasteiger partial charge on any atom is -0.448 e. The van der Waals surface area contributed by atoms with Gasteiger partial charge in [0.05, 0.1) is 17.9 Å². The van der Waals surface area contributed by atoms with Gasteiger partial charge in [-0.2, -0.15) is 0 Å². The first kappa shape index (κ1) is 20.1. The number of hydrogen-bond donors (Lipinski definition) is 3. The molecule has 3 aromatic rings. The molecule has 1 heterocycles. The summed E-state index contributed by atoms with van der Waals surface area (Å²) in [5, 5.41) is 4.82. The number of benzene rings is 3. The summed E-state index contributed by atoms with van der Waals surface area (Å²) in [6.07, 6.45) is -0.432. The van der Waals surface area contributed by atoms with Gasteiger partial charge in [-0.05, 0) is 48.4 Å². The molecule has 6 nitrogen and oxygen atoms in total. The molecule has 1 aliphatic rings. The molecule has 0 bridgehead atoms. The van der Waals surface area contributed by atoms with Crippen molar-refractivity contribution < 1.29 is 9.53 Å². The SMILES string of the molecule is Cc1c(CN2NNc3ccccc32)cccc1SCCOC(=O)Nc1ccccc1. The predicted molar refractivity (Wildman–Crippen MR) is 123 cm³/mol. The van der Waals surface area contributed by atoms with Crippen LogP contribution in [0, 0.1) is 6.92 Å². The molecule has 154 valence electrons. The fourth-order valence-electron chi connectivity index (χ4n) is 3.25. The number of carbonyl (C=O) groups is 1. The van der Waals surface area contributed by atoms with E-state index in [1.165, 1.54) is 16.0 Å². The number of anilines is 3. The lowest BCUT2D eigenvalue weighted by atomic mass is 10.1. The summed E-state index contributed by atoms with van der Waals surface area (Å²) in [4.78, 5) is 13.1. The van der Waals surface area contributed by atoms with Crippen LogP contribution >= 0.6 is 11.8 Å². The number of carbonyl (C=O) groups excluding carboxylic acids is 1. The predicted octanol–water partition coefficient (Wildman–Crippen LogP) is 5.19. The molecule has 0 radical (unpaired) electrons. The Labute approximate surface area is 180 Å². The van der Waals surface area contributed by atoms with E-state index in [4.69, 9.17) is 4.74 Å². The maximum Gasteiger partial charge on any atom is 0.411 e. The van der Waals surface area contributed by atoms with E-state index in [1.807, 2.05) is 42.5 Å². The Balaban J connectivity index is 1.29. The van der Waals surface area contributed by atoms with Crippen LogP contribution in [0.25, 0.3) is 0 Å². The van der Waals surface area contributed by atoms with Gasteiger partial charge in [-0.1, -0.05) is 42.5 Å². The van der Waals surface area contributed by atoms with Crippen LogP contribution in [0.3, 0.4) is 0 Å². The lowest BCUT2D eigenvalue weighted by Gasteiger charge is -2.20. The van der Waals surface area contributed by atoms with Crippen molar-refractivity contribution in [3.8, 4) is 0 Å². The molecule has 0 spiro atoms. The standard InChI is InChI=1S/C23H24N4O2S/c1-17-18(16-27-21-12-6-5-11-20(21)25-26-27)8-7-13-22(17)30-15-14-29-23(28)24-19-9-3-2-4-10-19/h2-13,25-26H,14-16H2,1H3,(H,24,28). The Morgan fingerprint density at radius 3 is 2.70 bits per heavy atom. The van der Waals surface area contributed by atoms with Crippen molar-refractivity contribution >= 4 is 34.9 Å². The fraction of sp³-hybridized carbons (Fsp3) is 0.174. The van der Waals surface area contributed by atoms with Crippen LogP contribution in [-0.4, -0.2) is 18.5 Å². The van der Waals surface area contributed by atoms with Crippen LogP contribution in [0.15, 0.2) is 77.7 Å². The molecule has 7 heteroatoms. The van der Waals surface area contributed by atoms with Crippen LogP contribution in [-0.2, 0) is 11.3 Å². The zero-order valence-corrected chi connectivity index (χ0v) is 17.5. The lowest BCUT2D eigenvalue weighted by Crippen LogP contribution is -2.35. The summed E-state index contributed by atoms with van der Waals surface area (Å²) in [6, 6.07) is 23.8. The van der Waals surface area contributed by atoms with E-state index in [2.05, 4.69) is 58.5 Å². The molecule has 0 saturated heterocycles. The van der Waals surface area contributed by atoms with E-state index in [1.54, 1.807) is 11.8 Å². The highest BCUT2D eigenvalue weighted by molar-refractivity contribution is 7.99. The molecule has 3 aromatic carbocycles. The third-order valence-electron chi connectivity index (χ3n) is 4.84. The van der Waals surface area contributed by atoms with E-state index >= 15 is 0 Å². The summed E-state index contributed by atoms with van der Waals surface area (Å²) < 4.78 is 5.29. The normalized spacial score (nSPS) is 12.2. The first-order valence-electron chi connectivity index (χ1n) is 9.79.